The van der Waals surface area contributed by atoms with Crippen LogP contribution in [0.2, 0.25) is 0 Å². The van der Waals surface area contributed by atoms with Crippen molar-refractivity contribution in [1.82, 2.24) is 0 Å². The first kappa shape index (κ1) is 51.2. The number of thiol groups is 1. The van der Waals surface area contributed by atoms with Gasteiger partial charge in [0.15, 0.2) is 0 Å². The molecule has 0 aromatic rings. The van der Waals surface area contributed by atoms with Crippen molar-refractivity contribution in [3.8, 4) is 0 Å². The molecular formula is C32H55B4O16P2S2-3. The van der Waals surface area contributed by atoms with Crippen LogP contribution in [-0.2, 0) is 60.6 Å². The number of phosphoric ester groups is 2. The Kier molecular flexibility index (Phi) is 21.3. The van der Waals surface area contributed by atoms with Crippen molar-refractivity contribution in [3.05, 3.63) is 0 Å². The zero-order valence-corrected chi connectivity index (χ0v) is 36.7. The third kappa shape index (κ3) is 18.1. The minimum Gasteiger partial charge on any atom is -0.790 e. The second-order valence-corrected chi connectivity index (χ2v) is 19.5. The van der Waals surface area contributed by atoms with Crippen LogP contribution in [0.15, 0.2) is 0 Å². The Hall–Kier alpha value is 0.860. The number of hydrogen-bond acceptors (Lipinski definition) is 18. The predicted molar refractivity (Wildman–Crippen MR) is 209 cm³/mol. The molecule has 5 saturated heterocycles. The van der Waals surface area contributed by atoms with Gasteiger partial charge in [-0.05, 0) is 68.2 Å². The maximum Gasteiger partial charge on any atom is 0.268 e. The second kappa shape index (κ2) is 23.3. The lowest BCUT2D eigenvalue weighted by Crippen LogP contribution is -2.37. The summed E-state index contributed by atoms with van der Waals surface area (Å²) in [5.41, 5.74) is 0. The molecule has 0 bridgehead atoms. The highest BCUT2D eigenvalue weighted by atomic mass is 32.2. The van der Waals surface area contributed by atoms with Gasteiger partial charge in [0, 0.05) is 39.8 Å². The molecule has 15 atom stereocenters. The lowest BCUT2D eigenvalue weighted by Gasteiger charge is -2.31. The van der Waals surface area contributed by atoms with Gasteiger partial charge in [-0.15, -0.1) is 11.8 Å². The maximum absolute atomic E-state index is 12.4. The summed E-state index contributed by atoms with van der Waals surface area (Å²) in [6, 6.07) is -1.89. The Labute approximate surface area is 347 Å². The van der Waals surface area contributed by atoms with Crippen LogP contribution in [-0.4, -0.2) is 165 Å². The van der Waals surface area contributed by atoms with Gasteiger partial charge in [0.2, 0.25) is 0 Å². The lowest BCUT2D eigenvalue weighted by atomic mass is 9.95. The van der Waals surface area contributed by atoms with Crippen LogP contribution in [0, 0.1) is 0 Å². The molecule has 5 heterocycles. The number of phosphoric acid groups is 2. The normalized spacial score (nSPS) is 37.7. The Bertz CT molecular complexity index is 1260. The molecule has 0 N–H and O–H groups in total. The van der Waals surface area contributed by atoms with Gasteiger partial charge in [0.25, 0.3) is 7.82 Å². The van der Waals surface area contributed by atoms with Crippen molar-refractivity contribution in [2.24, 2.45) is 0 Å². The Balaban J connectivity index is 0.000000251. The van der Waals surface area contributed by atoms with Gasteiger partial charge < -0.3 is 70.7 Å². The summed E-state index contributed by atoms with van der Waals surface area (Å²) in [5, 5.41) is 0.504. The lowest BCUT2D eigenvalue weighted by molar-refractivity contribution is -0.343. The topological polar surface area (TPSA) is 205 Å². The van der Waals surface area contributed by atoms with Crippen LogP contribution >= 0.6 is 40.0 Å². The summed E-state index contributed by atoms with van der Waals surface area (Å²) in [5.74, 6) is 0. The van der Waals surface area contributed by atoms with Crippen molar-refractivity contribution in [2.45, 2.75) is 175 Å². The summed E-state index contributed by atoms with van der Waals surface area (Å²) in [6.45, 7) is 15.4. The van der Waals surface area contributed by atoms with Crippen molar-refractivity contribution in [1.29, 1.82) is 0 Å². The minimum absolute atomic E-state index is 0.0345. The number of thioether (sulfide) groups is 1. The minimum atomic E-state index is -4.98. The number of fused-ring (bicyclic) bond motifs is 1. The van der Waals surface area contributed by atoms with Gasteiger partial charge in [-0.25, -0.2) is 0 Å². The van der Waals surface area contributed by atoms with Gasteiger partial charge in [-0.3, -0.25) is 4.57 Å². The molecule has 0 aromatic carbocycles. The van der Waals surface area contributed by atoms with E-state index >= 15 is 0 Å². The van der Waals surface area contributed by atoms with Crippen LogP contribution in [0.1, 0.15) is 68.2 Å². The summed E-state index contributed by atoms with van der Waals surface area (Å²) in [4.78, 5) is 33.0. The summed E-state index contributed by atoms with van der Waals surface area (Å²) in [6.07, 6.45) is -2.28. The highest BCUT2D eigenvalue weighted by Crippen LogP contribution is 2.52. The van der Waals surface area contributed by atoms with Crippen LogP contribution in [0.3, 0.4) is 0 Å². The molecule has 7 unspecified atom stereocenters. The largest absolute Gasteiger partial charge is 0.790 e. The fraction of sp³-hybridized carbons (Fsp3) is 1.00. The molecule has 0 aliphatic carbocycles. The van der Waals surface area contributed by atoms with E-state index in [-0.39, 0.29) is 68.6 Å². The van der Waals surface area contributed by atoms with E-state index in [1.807, 2.05) is 67.2 Å². The molecule has 5 rings (SSSR count). The molecule has 5 fully saturated rings. The number of rotatable bonds is 18. The average Bonchev–Trinajstić information content (AvgIpc) is 3.43. The van der Waals surface area contributed by atoms with Crippen molar-refractivity contribution in [3.63, 3.8) is 0 Å². The first-order valence-corrected chi connectivity index (χ1v) is 23.1. The van der Waals surface area contributed by atoms with Gasteiger partial charge in [0.05, 0.1) is 77.0 Å². The third-order valence-electron chi connectivity index (χ3n) is 8.54. The van der Waals surface area contributed by atoms with E-state index in [4.69, 9.17) is 78.3 Å². The Morgan fingerprint density at radius 2 is 1.11 bits per heavy atom. The molecule has 56 heavy (non-hydrogen) atoms. The second-order valence-electron chi connectivity index (χ2n) is 15.0. The third-order valence-corrected chi connectivity index (χ3v) is 12.0. The quantitative estimate of drug-likeness (QED) is 0.0849. The van der Waals surface area contributed by atoms with E-state index in [1.54, 1.807) is 0 Å². The van der Waals surface area contributed by atoms with Crippen LogP contribution in [0.5, 0.6) is 0 Å². The fourth-order valence-electron chi connectivity index (χ4n) is 6.08. The number of hydrogen-bond donors (Lipinski definition) is 1. The molecular weight excluding hydrogens is 810 g/mol. The highest BCUT2D eigenvalue weighted by Gasteiger charge is 2.54. The standard InChI is InChI=1S/C16H29B2O8PS.C8H16BO6P.C8H13BO2S/c1-8(2)21-6-12-14(15(28)16(18)25-12)26-27(19,20)22-7-11-10(23-9(3)4)5-13(17)24-11;1-5(2)14-6-3-8(9)15-7(6)4-13-16(10,11)12;1-4(2)10-3-5-6-7(12-6)8(9)11-5/h8-16,28H,5-7H2,1-4H3,(H,19,20);5-8H,3-4H2,1-2H3,(H2,10,11,12);4-8H,3H2,1-2H3/p-3/t10?,11-,12-,13-,14?,15?,16-;6?,7-,8-;5-,6?,7?,8-/m111/s1. The van der Waals surface area contributed by atoms with E-state index < -0.39 is 63.3 Å². The molecule has 0 saturated carbocycles. The highest BCUT2D eigenvalue weighted by molar-refractivity contribution is 8.08. The van der Waals surface area contributed by atoms with E-state index in [0.717, 1.165) is 0 Å². The van der Waals surface area contributed by atoms with E-state index in [1.165, 1.54) is 0 Å². The molecule has 0 aromatic heterocycles. The van der Waals surface area contributed by atoms with Gasteiger partial charge in [-0.1, -0.05) is 0 Å². The first-order valence-electron chi connectivity index (χ1n) is 18.8. The molecule has 316 valence electrons. The summed E-state index contributed by atoms with van der Waals surface area (Å²) >= 11 is 6.23. The van der Waals surface area contributed by atoms with E-state index in [2.05, 4.69) is 17.2 Å². The molecule has 16 nitrogen and oxygen atoms in total. The summed E-state index contributed by atoms with van der Waals surface area (Å²) in [7, 11) is 13.2. The molecule has 5 aliphatic rings. The van der Waals surface area contributed by atoms with Gasteiger partial charge in [0.1, 0.15) is 55.8 Å². The van der Waals surface area contributed by atoms with Crippen LogP contribution in [0.25, 0.3) is 0 Å². The molecule has 0 spiro atoms. The molecule has 24 heteroatoms. The van der Waals surface area contributed by atoms with Gasteiger partial charge in [-0.2, -0.15) is 12.6 Å². The van der Waals surface area contributed by atoms with Crippen molar-refractivity contribution < 1.29 is 75.3 Å². The maximum atomic E-state index is 12.4. The van der Waals surface area contributed by atoms with E-state index in [0.29, 0.717) is 29.9 Å². The smallest absolute Gasteiger partial charge is 0.268 e. The average molecular weight is 865 g/mol. The molecule has 0 amide bonds. The van der Waals surface area contributed by atoms with Gasteiger partial charge >= 0.3 is 0 Å². The first-order chi connectivity index (χ1) is 25.9. The zero-order valence-electron chi connectivity index (χ0n) is 33.2. The molecule has 8 radical (unpaired) electrons. The Morgan fingerprint density at radius 1 is 0.643 bits per heavy atom. The SMILES string of the molecule is [B][C@@H]1O[C@H](COC(C)C)C(OP(=O)([O-])OC[C@H]2O[C@@H]([B])CC2OC(C)C)C1S.[B][C@@H]1O[C@H](COC(C)C)C2SC21.[B][C@H]1CC(OC(C)C)[C@@H](COP(=O)([O-])[O-])O1. The predicted octanol–water partition coefficient (Wildman–Crippen LogP) is 0.248. The fourth-order valence-corrected chi connectivity index (χ4v) is 8.92. The summed E-state index contributed by atoms with van der Waals surface area (Å²) < 4.78 is 81.0. The Morgan fingerprint density at radius 3 is 1.52 bits per heavy atom. The van der Waals surface area contributed by atoms with Crippen molar-refractivity contribution >= 4 is 71.4 Å². The number of ether oxygens (including phenoxy) is 8. The van der Waals surface area contributed by atoms with Crippen LogP contribution < -0.4 is 14.7 Å². The van der Waals surface area contributed by atoms with E-state index in [9.17, 15) is 23.8 Å². The monoisotopic (exact) mass is 865 g/mol. The zero-order chi connectivity index (χ0) is 42.1. The van der Waals surface area contributed by atoms with Crippen LogP contribution in [0.4, 0.5) is 0 Å². The van der Waals surface area contributed by atoms with Crippen molar-refractivity contribution in [2.75, 3.05) is 26.4 Å². The molecule has 5 aliphatic heterocycles.